The molecule has 0 unspecified atom stereocenters. The van der Waals surface area contributed by atoms with E-state index in [4.69, 9.17) is 4.74 Å². The van der Waals surface area contributed by atoms with Crippen LogP contribution in [-0.4, -0.2) is 17.7 Å². The van der Waals surface area contributed by atoms with Gasteiger partial charge in [0, 0.05) is 6.42 Å². The summed E-state index contributed by atoms with van der Waals surface area (Å²) in [6, 6.07) is 14.7. The van der Waals surface area contributed by atoms with Crippen molar-refractivity contribution in [3.63, 3.8) is 0 Å². The zero-order chi connectivity index (χ0) is 13.7. The molecule has 0 saturated carbocycles. The normalized spacial score (nSPS) is 10.2. The molecule has 0 amide bonds. The number of aryl methyl sites for hydroxylation is 1. The van der Waals surface area contributed by atoms with E-state index in [9.17, 15) is 9.90 Å². The van der Waals surface area contributed by atoms with E-state index in [1.54, 1.807) is 12.1 Å². The van der Waals surface area contributed by atoms with Crippen molar-refractivity contribution >= 4 is 5.97 Å². The van der Waals surface area contributed by atoms with Crippen LogP contribution >= 0.6 is 0 Å². The molecule has 3 heteroatoms. The van der Waals surface area contributed by atoms with Gasteiger partial charge >= 0.3 is 5.97 Å². The zero-order valence-corrected chi connectivity index (χ0v) is 10.8. The highest BCUT2D eigenvalue weighted by molar-refractivity contribution is 5.92. The van der Waals surface area contributed by atoms with Gasteiger partial charge in [0.25, 0.3) is 0 Å². The van der Waals surface area contributed by atoms with Crippen LogP contribution in [0.1, 0.15) is 21.5 Å². The molecule has 0 aliphatic carbocycles. The summed E-state index contributed by atoms with van der Waals surface area (Å²) in [6.07, 6.45) is 0.666. The molecule has 1 N–H and O–H groups in total. The van der Waals surface area contributed by atoms with E-state index in [1.807, 2.05) is 37.3 Å². The second-order valence-electron chi connectivity index (χ2n) is 4.39. The van der Waals surface area contributed by atoms with E-state index >= 15 is 0 Å². The summed E-state index contributed by atoms with van der Waals surface area (Å²) in [5.74, 6) is -0.535. The Balaban J connectivity index is 1.93. The molecule has 0 radical (unpaired) electrons. The largest absolute Gasteiger partial charge is 0.507 e. The summed E-state index contributed by atoms with van der Waals surface area (Å²) in [7, 11) is 0. The third-order valence-corrected chi connectivity index (χ3v) is 2.84. The third-order valence-electron chi connectivity index (χ3n) is 2.84. The molecule has 0 aromatic heterocycles. The van der Waals surface area contributed by atoms with Gasteiger partial charge < -0.3 is 9.84 Å². The lowest BCUT2D eigenvalue weighted by Crippen LogP contribution is -2.08. The number of esters is 1. The highest BCUT2D eigenvalue weighted by Crippen LogP contribution is 2.19. The van der Waals surface area contributed by atoms with Crippen molar-refractivity contribution in [3.8, 4) is 5.75 Å². The number of rotatable bonds is 4. The molecule has 0 fully saturated rings. The number of aromatic hydroxyl groups is 1. The molecule has 2 aromatic rings. The second kappa shape index (κ2) is 6.05. The fraction of sp³-hybridized carbons (Fsp3) is 0.188. The first kappa shape index (κ1) is 13.1. The van der Waals surface area contributed by atoms with E-state index in [-0.39, 0.29) is 11.3 Å². The minimum absolute atomic E-state index is 0.0460. The van der Waals surface area contributed by atoms with Gasteiger partial charge in [-0.05, 0) is 24.6 Å². The smallest absolute Gasteiger partial charge is 0.341 e. The predicted molar refractivity (Wildman–Crippen MR) is 73.3 cm³/mol. The van der Waals surface area contributed by atoms with Gasteiger partial charge in [-0.25, -0.2) is 4.79 Å². The number of carbonyl (C=O) groups is 1. The number of hydrogen-bond acceptors (Lipinski definition) is 3. The number of benzene rings is 2. The number of phenolic OH excluding ortho intramolecular Hbond substituents is 1. The summed E-state index contributed by atoms with van der Waals surface area (Å²) < 4.78 is 5.17. The Morgan fingerprint density at radius 2 is 1.89 bits per heavy atom. The van der Waals surface area contributed by atoms with Crippen molar-refractivity contribution in [3.05, 3.63) is 65.2 Å². The Morgan fingerprint density at radius 3 is 2.63 bits per heavy atom. The molecule has 0 spiro atoms. The molecule has 3 nitrogen and oxygen atoms in total. The summed E-state index contributed by atoms with van der Waals surface area (Å²) >= 11 is 0. The number of carbonyl (C=O) groups excluding carboxylic acids is 1. The van der Waals surface area contributed by atoms with E-state index in [1.165, 1.54) is 6.07 Å². The van der Waals surface area contributed by atoms with Crippen LogP contribution < -0.4 is 0 Å². The van der Waals surface area contributed by atoms with Crippen molar-refractivity contribution < 1.29 is 14.6 Å². The molecular formula is C16H16O3. The Morgan fingerprint density at radius 1 is 1.16 bits per heavy atom. The van der Waals surface area contributed by atoms with Gasteiger partial charge in [-0.2, -0.15) is 0 Å². The molecule has 0 bridgehead atoms. The molecule has 2 aromatic carbocycles. The molecule has 0 heterocycles. The van der Waals surface area contributed by atoms with Crippen LogP contribution in [0.2, 0.25) is 0 Å². The van der Waals surface area contributed by atoms with Crippen LogP contribution in [0.25, 0.3) is 0 Å². The maximum atomic E-state index is 11.8. The van der Waals surface area contributed by atoms with E-state index in [0.717, 1.165) is 11.1 Å². The second-order valence-corrected chi connectivity index (χ2v) is 4.39. The monoisotopic (exact) mass is 256 g/mol. The van der Waals surface area contributed by atoms with E-state index in [2.05, 4.69) is 0 Å². The fourth-order valence-corrected chi connectivity index (χ4v) is 1.80. The average molecular weight is 256 g/mol. The minimum Gasteiger partial charge on any atom is -0.507 e. The van der Waals surface area contributed by atoms with Gasteiger partial charge in [-0.3, -0.25) is 0 Å². The Hall–Kier alpha value is -2.29. The third kappa shape index (κ3) is 3.58. The van der Waals surface area contributed by atoms with Crippen LogP contribution in [0.5, 0.6) is 5.75 Å². The number of phenols is 1. The van der Waals surface area contributed by atoms with Crippen molar-refractivity contribution in [1.82, 2.24) is 0 Å². The Labute approximate surface area is 112 Å². The number of hydrogen-bond donors (Lipinski definition) is 1. The van der Waals surface area contributed by atoms with Crippen molar-refractivity contribution in [2.75, 3.05) is 6.61 Å². The van der Waals surface area contributed by atoms with Crippen LogP contribution in [0.4, 0.5) is 0 Å². The maximum Gasteiger partial charge on any atom is 0.341 e. The summed E-state index contributed by atoms with van der Waals surface area (Å²) in [5, 5.41) is 9.62. The lowest BCUT2D eigenvalue weighted by Gasteiger charge is -2.07. The van der Waals surface area contributed by atoms with Gasteiger partial charge in [-0.15, -0.1) is 0 Å². The average Bonchev–Trinajstić information content (AvgIpc) is 2.42. The summed E-state index contributed by atoms with van der Waals surface area (Å²) in [6.45, 7) is 2.16. The molecule has 98 valence electrons. The molecule has 19 heavy (non-hydrogen) atoms. The first-order valence-electron chi connectivity index (χ1n) is 6.17. The Bertz CT molecular complexity index is 561. The van der Waals surface area contributed by atoms with Crippen LogP contribution in [0.15, 0.2) is 48.5 Å². The van der Waals surface area contributed by atoms with Gasteiger partial charge in [0.1, 0.15) is 11.3 Å². The SMILES string of the molecule is Cc1ccc(O)c(C(=O)OCCc2ccccc2)c1. The molecule has 0 atom stereocenters. The summed E-state index contributed by atoms with van der Waals surface area (Å²) in [4.78, 5) is 11.8. The lowest BCUT2D eigenvalue weighted by molar-refractivity contribution is 0.0506. The van der Waals surface area contributed by atoms with Crippen LogP contribution in [-0.2, 0) is 11.2 Å². The van der Waals surface area contributed by atoms with E-state index < -0.39 is 5.97 Å². The van der Waals surface area contributed by atoms with Crippen molar-refractivity contribution in [2.24, 2.45) is 0 Å². The topological polar surface area (TPSA) is 46.5 Å². The number of ether oxygens (including phenoxy) is 1. The van der Waals surface area contributed by atoms with Gasteiger partial charge in [0.2, 0.25) is 0 Å². The van der Waals surface area contributed by atoms with Crippen molar-refractivity contribution in [1.29, 1.82) is 0 Å². The summed E-state index contributed by atoms with van der Waals surface area (Å²) in [5.41, 5.74) is 2.24. The van der Waals surface area contributed by atoms with Crippen LogP contribution in [0, 0.1) is 6.92 Å². The molecule has 0 aliphatic heterocycles. The standard InChI is InChI=1S/C16H16O3/c1-12-7-8-15(17)14(11-12)16(18)19-10-9-13-5-3-2-4-6-13/h2-8,11,17H,9-10H2,1H3. The zero-order valence-electron chi connectivity index (χ0n) is 10.8. The fourth-order valence-electron chi connectivity index (χ4n) is 1.80. The molecule has 2 rings (SSSR count). The van der Waals surface area contributed by atoms with Crippen LogP contribution in [0.3, 0.4) is 0 Å². The van der Waals surface area contributed by atoms with Gasteiger partial charge in [-0.1, -0.05) is 42.0 Å². The first-order valence-corrected chi connectivity index (χ1v) is 6.17. The lowest BCUT2D eigenvalue weighted by atomic mass is 10.1. The molecule has 0 aliphatic rings. The predicted octanol–water partition coefficient (Wildman–Crippen LogP) is 3.10. The van der Waals surface area contributed by atoms with Crippen molar-refractivity contribution in [2.45, 2.75) is 13.3 Å². The first-order chi connectivity index (χ1) is 9.16. The van der Waals surface area contributed by atoms with E-state index in [0.29, 0.717) is 13.0 Å². The molecular weight excluding hydrogens is 240 g/mol. The van der Waals surface area contributed by atoms with Gasteiger partial charge in [0.05, 0.1) is 6.61 Å². The van der Waals surface area contributed by atoms with Gasteiger partial charge in [0.15, 0.2) is 0 Å². The maximum absolute atomic E-state index is 11.8. The quantitative estimate of drug-likeness (QED) is 0.855. The minimum atomic E-state index is -0.489. The highest BCUT2D eigenvalue weighted by atomic mass is 16.5. The molecule has 0 saturated heterocycles. The Kier molecular flexibility index (Phi) is 4.18. The highest BCUT2D eigenvalue weighted by Gasteiger charge is 2.12.